The predicted molar refractivity (Wildman–Crippen MR) is 73.8 cm³/mol. The van der Waals surface area contributed by atoms with Crippen molar-refractivity contribution in [2.24, 2.45) is 11.8 Å². The fourth-order valence-corrected chi connectivity index (χ4v) is 3.01. The molecule has 18 heavy (non-hydrogen) atoms. The number of rotatable bonds is 3. The van der Waals surface area contributed by atoms with Gasteiger partial charge in [-0.3, -0.25) is 16.3 Å². The van der Waals surface area contributed by atoms with Crippen molar-refractivity contribution in [3.63, 3.8) is 0 Å². The monoisotopic (exact) mass is 241 g/mol. The lowest BCUT2D eigenvalue weighted by Crippen LogP contribution is -2.33. The van der Waals surface area contributed by atoms with Crippen LogP contribution >= 0.6 is 0 Å². The van der Waals surface area contributed by atoms with E-state index in [1.54, 1.807) is 0 Å². The van der Waals surface area contributed by atoms with E-state index in [9.17, 15) is 0 Å². The van der Waals surface area contributed by atoms with Gasteiger partial charge in [-0.1, -0.05) is 37.1 Å². The van der Waals surface area contributed by atoms with E-state index in [2.05, 4.69) is 29.7 Å². The Morgan fingerprint density at radius 3 is 2.67 bits per heavy atom. The summed E-state index contributed by atoms with van der Waals surface area (Å²) in [5.41, 5.74) is 5.08. The lowest BCUT2D eigenvalue weighted by Gasteiger charge is -2.22. The number of para-hydroxylation sites is 1. The van der Waals surface area contributed by atoms with Crippen LogP contribution in [0.3, 0.4) is 0 Å². The normalized spacial score (nSPS) is 18.3. The molecule has 3 heteroatoms. The Labute approximate surface area is 107 Å². The van der Waals surface area contributed by atoms with Crippen molar-refractivity contribution in [1.29, 1.82) is 0 Å². The first kappa shape index (κ1) is 11.6. The van der Waals surface area contributed by atoms with E-state index in [0.29, 0.717) is 5.92 Å². The van der Waals surface area contributed by atoms with Crippen LogP contribution in [0.5, 0.6) is 0 Å². The Morgan fingerprint density at radius 2 is 1.89 bits per heavy atom. The number of aromatic nitrogens is 1. The molecule has 1 aliphatic carbocycles. The zero-order chi connectivity index (χ0) is 12.4. The summed E-state index contributed by atoms with van der Waals surface area (Å²) in [6, 6.07) is 12.6. The van der Waals surface area contributed by atoms with Gasteiger partial charge in [-0.2, -0.15) is 0 Å². The summed E-state index contributed by atoms with van der Waals surface area (Å²) in [5.74, 6) is 6.37. The van der Waals surface area contributed by atoms with Crippen LogP contribution in [0.2, 0.25) is 0 Å². The van der Waals surface area contributed by atoms with Gasteiger partial charge in [0.2, 0.25) is 0 Å². The van der Waals surface area contributed by atoms with Crippen LogP contribution in [0.4, 0.5) is 0 Å². The second kappa shape index (κ2) is 5.04. The number of fused-ring (bicyclic) bond motifs is 1. The van der Waals surface area contributed by atoms with Crippen LogP contribution in [0.1, 0.15) is 37.4 Å². The fraction of sp³-hybridized carbons (Fsp3) is 0.400. The second-order valence-electron chi connectivity index (χ2n) is 5.12. The Hall–Kier alpha value is -1.45. The molecule has 3 N–H and O–H groups in total. The molecule has 1 aliphatic rings. The number of hydrazine groups is 1. The molecule has 1 aromatic heterocycles. The second-order valence-corrected chi connectivity index (χ2v) is 5.12. The lowest BCUT2D eigenvalue weighted by molar-refractivity contribution is 0.367. The van der Waals surface area contributed by atoms with Crippen LogP contribution in [0.15, 0.2) is 36.4 Å². The first-order chi connectivity index (χ1) is 8.88. The highest BCUT2D eigenvalue weighted by molar-refractivity contribution is 5.78. The minimum Gasteiger partial charge on any atom is -0.271 e. The third-order valence-electron chi connectivity index (χ3n) is 3.99. The summed E-state index contributed by atoms with van der Waals surface area (Å²) < 4.78 is 0. The summed E-state index contributed by atoms with van der Waals surface area (Å²) >= 11 is 0. The molecular formula is C15H19N3. The maximum Gasteiger partial charge on any atom is 0.0706 e. The van der Waals surface area contributed by atoms with Crippen molar-refractivity contribution >= 4 is 10.9 Å². The van der Waals surface area contributed by atoms with Crippen LogP contribution in [0, 0.1) is 5.92 Å². The topological polar surface area (TPSA) is 50.9 Å². The van der Waals surface area contributed by atoms with Gasteiger partial charge < -0.3 is 0 Å². The van der Waals surface area contributed by atoms with Gasteiger partial charge in [-0.05, 0) is 30.9 Å². The average Bonchev–Trinajstić information content (AvgIpc) is 2.93. The molecule has 0 amide bonds. The van der Waals surface area contributed by atoms with E-state index < -0.39 is 0 Å². The van der Waals surface area contributed by atoms with Crippen molar-refractivity contribution in [3.05, 3.63) is 42.1 Å². The van der Waals surface area contributed by atoms with E-state index >= 15 is 0 Å². The summed E-state index contributed by atoms with van der Waals surface area (Å²) in [6.45, 7) is 0. The molecule has 2 aromatic rings. The molecule has 0 spiro atoms. The third-order valence-corrected chi connectivity index (χ3v) is 3.99. The molecule has 0 aliphatic heterocycles. The molecule has 1 unspecified atom stereocenters. The number of nitrogens with zero attached hydrogens (tertiary/aromatic N) is 1. The number of nitrogens with one attached hydrogen (secondary N) is 1. The van der Waals surface area contributed by atoms with E-state index in [1.165, 1.54) is 31.1 Å². The Balaban J connectivity index is 1.96. The van der Waals surface area contributed by atoms with E-state index in [1.807, 2.05) is 12.1 Å². The zero-order valence-electron chi connectivity index (χ0n) is 10.5. The molecule has 0 saturated heterocycles. The van der Waals surface area contributed by atoms with Gasteiger partial charge in [0.05, 0.1) is 17.3 Å². The van der Waals surface area contributed by atoms with Gasteiger partial charge in [-0.15, -0.1) is 0 Å². The molecule has 0 bridgehead atoms. The Bertz CT molecular complexity index is 532. The SMILES string of the molecule is NNC(c1ccc2ccccc2n1)C1CCCC1. The number of pyridine rings is 1. The molecule has 0 radical (unpaired) electrons. The van der Waals surface area contributed by atoms with E-state index in [4.69, 9.17) is 10.8 Å². The van der Waals surface area contributed by atoms with Crippen molar-refractivity contribution in [3.8, 4) is 0 Å². The smallest absolute Gasteiger partial charge is 0.0706 e. The van der Waals surface area contributed by atoms with E-state index in [-0.39, 0.29) is 6.04 Å². The van der Waals surface area contributed by atoms with Gasteiger partial charge in [0, 0.05) is 5.39 Å². The molecular weight excluding hydrogens is 222 g/mol. The van der Waals surface area contributed by atoms with Crippen LogP contribution in [-0.2, 0) is 0 Å². The largest absolute Gasteiger partial charge is 0.271 e. The maximum atomic E-state index is 5.74. The van der Waals surface area contributed by atoms with Crippen molar-refractivity contribution in [1.82, 2.24) is 10.4 Å². The number of nitrogens with two attached hydrogens (primary N) is 1. The molecule has 3 nitrogen and oxygen atoms in total. The maximum absolute atomic E-state index is 5.74. The van der Waals surface area contributed by atoms with Crippen molar-refractivity contribution < 1.29 is 0 Å². The minimum absolute atomic E-state index is 0.192. The molecule has 1 heterocycles. The third kappa shape index (κ3) is 2.11. The van der Waals surface area contributed by atoms with Gasteiger partial charge in [-0.25, -0.2) is 0 Å². The number of benzene rings is 1. The van der Waals surface area contributed by atoms with Crippen LogP contribution in [0.25, 0.3) is 10.9 Å². The van der Waals surface area contributed by atoms with Crippen LogP contribution < -0.4 is 11.3 Å². The number of hydrogen-bond acceptors (Lipinski definition) is 3. The van der Waals surface area contributed by atoms with Gasteiger partial charge in [0.1, 0.15) is 0 Å². The average molecular weight is 241 g/mol. The molecule has 1 atom stereocenters. The van der Waals surface area contributed by atoms with Crippen LogP contribution in [-0.4, -0.2) is 4.98 Å². The van der Waals surface area contributed by atoms with E-state index in [0.717, 1.165) is 11.2 Å². The van der Waals surface area contributed by atoms with Gasteiger partial charge in [0.15, 0.2) is 0 Å². The first-order valence-electron chi connectivity index (χ1n) is 6.70. The quantitative estimate of drug-likeness (QED) is 0.641. The molecule has 1 saturated carbocycles. The molecule has 1 aromatic carbocycles. The Morgan fingerprint density at radius 1 is 1.11 bits per heavy atom. The highest BCUT2D eigenvalue weighted by atomic mass is 15.2. The van der Waals surface area contributed by atoms with Crippen molar-refractivity contribution in [2.45, 2.75) is 31.7 Å². The Kier molecular flexibility index (Phi) is 3.26. The summed E-state index contributed by atoms with van der Waals surface area (Å²) in [4.78, 5) is 4.75. The fourth-order valence-electron chi connectivity index (χ4n) is 3.01. The summed E-state index contributed by atoms with van der Waals surface area (Å²) in [7, 11) is 0. The van der Waals surface area contributed by atoms with Gasteiger partial charge in [0.25, 0.3) is 0 Å². The zero-order valence-corrected chi connectivity index (χ0v) is 10.5. The number of hydrogen-bond donors (Lipinski definition) is 2. The molecule has 1 fully saturated rings. The highest BCUT2D eigenvalue weighted by Crippen LogP contribution is 2.34. The first-order valence-corrected chi connectivity index (χ1v) is 6.70. The molecule has 3 rings (SSSR count). The van der Waals surface area contributed by atoms with Gasteiger partial charge >= 0.3 is 0 Å². The summed E-state index contributed by atoms with van der Waals surface area (Å²) in [6.07, 6.45) is 5.14. The highest BCUT2D eigenvalue weighted by Gasteiger charge is 2.26. The minimum atomic E-state index is 0.192. The predicted octanol–water partition coefficient (Wildman–Crippen LogP) is 2.93. The van der Waals surface area contributed by atoms with Crippen molar-refractivity contribution in [2.75, 3.05) is 0 Å². The standard InChI is InChI=1S/C15H19N3/c16-18-15(12-6-1-2-7-12)14-10-9-11-5-3-4-8-13(11)17-14/h3-5,8-10,12,15,18H,1-2,6-7,16H2. The molecule has 94 valence electrons. The summed E-state index contributed by atoms with van der Waals surface area (Å²) in [5, 5.41) is 1.18. The lowest BCUT2D eigenvalue weighted by atomic mass is 9.95.